The summed E-state index contributed by atoms with van der Waals surface area (Å²) in [7, 11) is 0. The molecule has 0 aromatic carbocycles. The summed E-state index contributed by atoms with van der Waals surface area (Å²) in [6.45, 7) is 22.7. The van der Waals surface area contributed by atoms with Crippen LogP contribution in [-0.2, 0) is 4.74 Å². The summed E-state index contributed by atoms with van der Waals surface area (Å²) in [5.41, 5.74) is -0.105. The van der Waals surface area contributed by atoms with Gasteiger partial charge in [0, 0.05) is 0 Å². The standard InChI is InChI=1S/C16H34O/c1-11(2)15(9,12(3)4)17-16(10,13(5)6)14(7)8/h11-14H,1-10H3. The van der Waals surface area contributed by atoms with E-state index in [1.807, 2.05) is 0 Å². The van der Waals surface area contributed by atoms with E-state index in [2.05, 4.69) is 69.2 Å². The molecule has 0 aliphatic carbocycles. The third-order valence-corrected chi connectivity index (χ3v) is 5.03. The lowest BCUT2D eigenvalue weighted by atomic mass is 9.77. The van der Waals surface area contributed by atoms with Crippen molar-refractivity contribution in [2.45, 2.75) is 80.4 Å². The Balaban J connectivity index is 5.22. The Bertz CT molecular complexity index is 186. The molecule has 0 saturated heterocycles. The molecule has 0 fully saturated rings. The Hall–Kier alpha value is -0.0400. The number of rotatable bonds is 6. The highest BCUT2D eigenvalue weighted by molar-refractivity contribution is 4.91. The molecular formula is C16H34O. The van der Waals surface area contributed by atoms with Crippen LogP contribution in [0.4, 0.5) is 0 Å². The van der Waals surface area contributed by atoms with E-state index in [4.69, 9.17) is 4.74 Å². The molecule has 0 aromatic heterocycles. The summed E-state index contributed by atoms with van der Waals surface area (Å²) in [4.78, 5) is 0. The fourth-order valence-corrected chi connectivity index (χ4v) is 2.28. The molecule has 104 valence electrons. The second-order valence-electron chi connectivity index (χ2n) is 7.09. The quantitative estimate of drug-likeness (QED) is 0.626. The zero-order chi connectivity index (χ0) is 14.0. The zero-order valence-corrected chi connectivity index (χ0v) is 13.7. The molecule has 0 N–H and O–H groups in total. The fraction of sp³-hybridized carbons (Fsp3) is 1.00. The summed E-state index contributed by atoms with van der Waals surface area (Å²) >= 11 is 0. The van der Waals surface area contributed by atoms with Gasteiger partial charge in [-0.15, -0.1) is 0 Å². The van der Waals surface area contributed by atoms with Crippen LogP contribution in [0.25, 0.3) is 0 Å². The second kappa shape index (κ2) is 5.73. The third-order valence-electron chi connectivity index (χ3n) is 5.03. The number of ether oxygens (including phenoxy) is 1. The maximum Gasteiger partial charge on any atom is 0.0707 e. The van der Waals surface area contributed by atoms with Crippen molar-refractivity contribution < 1.29 is 4.74 Å². The summed E-state index contributed by atoms with van der Waals surface area (Å²) in [5.74, 6) is 2.11. The highest BCUT2D eigenvalue weighted by atomic mass is 16.5. The zero-order valence-electron chi connectivity index (χ0n) is 13.7. The lowest BCUT2D eigenvalue weighted by Gasteiger charge is -2.49. The Labute approximate surface area is 109 Å². The first-order chi connectivity index (χ1) is 7.48. The molecule has 0 atom stereocenters. The van der Waals surface area contributed by atoms with Gasteiger partial charge >= 0.3 is 0 Å². The molecule has 0 heterocycles. The monoisotopic (exact) mass is 242 g/mol. The molecular weight excluding hydrogens is 208 g/mol. The maximum absolute atomic E-state index is 6.67. The van der Waals surface area contributed by atoms with Gasteiger partial charge in [0.25, 0.3) is 0 Å². The van der Waals surface area contributed by atoms with Crippen molar-refractivity contribution in [1.82, 2.24) is 0 Å². The molecule has 0 saturated carbocycles. The maximum atomic E-state index is 6.67. The van der Waals surface area contributed by atoms with Gasteiger partial charge in [-0.05, 0) is 37.5 Å². The van der Waals surface area contributed by atoms with Crippen molar-refractivity contribution in [3.05, 3.63) is 0 Å². The molecule has 0 bridgehead atoms. The molecule has 0 amide bonds. The van der Waals surface area contributed by atoms with Crippen LogP contribution in [0, 0.1) is 23.7 Å². The van der Waals surface area contributed by atoms with Crippen LogP contribution in [0.5, 0.6) is 0 Å². The summed E-state index contributed by atoms with van der Waals surface area (Å²) in [6, 6.07) is 0. The van der Waals surface area contributed by atoms with Crippen molar-refractivity contribution in [3.63, 3.8) is 0 Å². The van der Waals surface area contributed by atoms with Crippen molar-refractivity contribution in [2.75, 3.05) is 0 Å². The molecule has 17 heavy (non-hydrogen) atoms. The van der Waals surface area contributed by atoms with Gasteiger partial charge in [-0.25, -0.2) is 0 Å². The van der Waals surface area contributed by atoms with Crippen molar-refractivity contribution >= 4 is 0 Å². The first-order valence-electron chi connectivity index (χ1n) is 7.18. The Morgan fingerprint density at radius 1 is 0.529 bits per heavy atom. The van der Waals surface area contributed by atoms with E-state index in [0.29, 0.717) is 23.7 Å². The third kappa shape index (κ3) is 3.47. The minimum absolute atomic E-state index is 0.0523. The normalized spacial score (nSPS) is 14.5. The van der Waals surface area contributed by atoms with Crippen molar-refractivity contribution in [1.29, 1.82) is 0 Å². The molecule has 0 spiro atoms. The largest absolute Gasteiger partial charge is 0.368 e. The van der Waals surface area contributed by atoms with Gasteiger partial charge in [0.05, 0.1) is 11.2 Å². The predicted octanol–water partition coefficient (Wildman–Crippen LogP) is 5.14. The SMILES string of the molecule is CC(C)C(C)(OC(C)(C(C)C)C(C)C)C(C)C. The first kappa shape index (κ1) is 17.0. The molecule has 1 heteroatoms. The molecule has 0 unspecified atom stereocenters. The number of hydrogen-bond acceptors (Lipinski definition) is 1. The molecule has 0 aliphatic heterocycles. The van der Waals surface area contributed by atoms with E-state index < -0.39 is 0 Å². The Morgan fingerprint density at radius 3 is 0.824 bits per heavy atom. The van der Waals surface area contributed by atoms with E-state index in [-0.39, 0.29) is 11.2 Å². The summed E-state index contributed by atoms with van der Waals surface area (Å²) < 4.78 is 6.67. The van der Waals surface area contributed by atoms with E-state index in [1.165, 1.54) is 0 Å². The van der Waals surface area contributed by atoms with Crippen LogP contribution < -0.4 is 0 Å². The summed E-state index contributed by atoms with van der Waals surface area (Å²) in [6.07, 6.45) is 0. The smallest absolute Gasteiger partial charge is 0.0707 e. The van der Waals surface area contributed by atoms with Crippen LogP contribution in [0.3, 0.4) is 0 Å². The van der Waals surface area contributed by atoms with Crippen LogP contribution >= 0.6 is 0 Å². The average molecular weight is 242 g/mol. The molecule has 1 nitrogen and oxygen atoms in total. The first-order valence-corrected chi connectivity index (χ1v) is 7.18. The Morgan fingerprint density at radius 2 is 0.706 bits per heavy atom. The van der Waals surface area contributed by atoms with Gasteiger partial charge in [0.1, 0.15) is 0 Å². The molecule has 0 aromatic rings. The van der Waals surface area contributed by atoms with Gasteiger partial charge in [-0.1, -0.05) is 55.4 Å². The molecule has 0 radical (unpaired) electrons. The highest BCUT2D eigenvalue weighted by Crippen LogP contribution is 2.40. The predicted molar refractivity (Wildman–Crippen MR) is 77.2 cm³/mol. The second-order valence-corrected chi connectivity index (χ2v) is 7.09. The minimum atomic E-state index is -0.0523. The highest BCUT2D eigenvalue weighted by Gasteiger charge is 2.43. The lowest BCUT2D eigenvalue weighted by Crippen LogP contribution is -2.52. The van der Waals surface area contributed by atoms with Crippen LogP contribution in [0.2, 0.25) is 0 Å². The van der Waals surface area contributed by atoms with E-state index in [9.17, 15) is 0 Å². The molecule has 0 rings (SSSR count). The Kier molecular flexibility index (Phi) is 5.72. The summed E-state index contributed by atoms with van der Waals surface area (Å²) in [5, 5.41) is 0. The van der Waals surface area contributed by atoms with Gasteiger partial charge in [-0.3, -0.25) is 0 Å². The van der Waals surface area contributed by atoms with Crippen molar-refractivity contribution in [2.24, 2.45) is 23.7 Å². The van der Waals surface area contributed by atoms with Crippen LogP contribution in [-0.4, -0.2) is 11.2 Å². The van der Waals surface area contributed by atoms with E-state index in [0.717, 1.165) is 0 Å². The topological polar surface area (TPSA) is 9.23 Å². The van der Waals surface area contributed by atoms with E-state index >= 15 is 0 Å². The van der Waals surface area contributed by atoms with Crippen molar-refractivity contribution in [3.8, 4) is 0 Å². The van der Waals surface area contributed by atoms with Gasteiger partial charge in [0.2, 0.25) is 0 Å². The molecule has 0 aliphatic rings. The minimum Gasteiger partial charge on any atom is -0.368 e. The number of hydrogen-bond donors (Lipinski definition) is 0. The average Bonchev–Trinajstić information content (AvgIpc) is 2.15. The van der Waals surface area contributed by atoms with Crippen LogP contribution in [0.1, 0.15) is 69.2 Å². The van der Waals surface area contributed by atoms with Crippen LogP contribution in [0.15, 0.2) is 0 Å². The van der Waals surface area contributed by atoms with Gasteiger partial charge < -0.3 is 4.74 Å². The van der Waals surface area contributed by atoms with Gasteiger partial charge in [0.15, 0.2) is 0 Å². The van der Waals surface area contributed by atoms with Gasteiger partial charge in [-0.2, -0.15) is 0 Å². The van der Waals surface area contributed by atoms with E-state index in [1.54, 1.807) is 0 Å². The fourth-order valence-electron chi connectivity index (χ4n) is 2.28. The lowest BCUT2D eigenvalue weighted by molar-refractivity contribution is -0.216.